The number of rotatable bonds is 5. The molecule has 3 aromatic rings. The molecule has 0 N–H and O–H groups in total. The fourth-order valence-electron chi connectivity index (χ4n) is 4.13. The Hall–Kier alpha value is -3.20. The summed E-state index contributed by atoms with van der Waals surface area (Å²) in [5, 5.41) is 0. The molecule has 0 bridgehead atoms. The van der Waals surface area contributed by atoms with Crippen LogP contribution in [0.5, 0.6) is 5.75 Å². The summed E-state index contributed by atoms with van der Waals surface area (Å²) in [5.41, 5.74) is 4.89. The van der Waals surface area contributed by atoms with Gasteiger partial charge in [-0.25, -0.2) is 4.79 Å². The molecule has 3 heteroatoms. The molecule has 0 atom stereocenters. The van der Waals surface area contributed by atoms with E-state index >= 15 is 0 Å². The van der Waals surface area contributed by atoms with Crippen molar-refractivity contribution in [2.45, 2.75) is 38.5 Å². The second-order valence-corrected chi connectivity index (χ2v) is 8.20. The maximum Gasteiger partial charge on any atom is 0.343 e. The van der Waals surface area contributed by atoms with Gasteiger partial charge in [0, 0.05) is 0 Å². The second-order valence-electron chi connectivity index (χ2n) is 8.20. The molecule has 0 amide bonds. The van der Waals surface area contributed by atoms with Crippen LogP contribution in [0.25, 0.3) is 11.1 Å². The van der Waals surface area contributed by atoms with Crippen LogP contribution in [0.4, 0.5) is 5.69 Å². The predicted octanol–water partition coefficient (Wildman–Crippen LogP) is 7.20. The molecule has 3 aromatic carbocycles. The number of hydrogen-bond donors (Lipinski definition) is 0. The Labute approximate surface area is 178 Å². The zero-order valence-electron chi connectivity index (χ0n) is 17.4. The summed E-state index contributed by atoms with van der Waals surface area (Å²) in [7, 11) is 0. The first-order chi connectivity index (χ1) is 14.6. The van der Waals surface area contributed by atoms with Gasteiger partial charge in [0.1, 0.15) is 5.75 Å². The second kappa shape index (κ2) is 9.08. The molecule has 3 nitrogen and oxygen atoms in total. The van der Waals surface area contributed by atoms with E-state index in [4.69, 9.17) is 4.74 Å². The molecule has 4 rings (SSSR count). The fourth-order valence-corrected chi connectivity index (χ4v) is 4.13. The summed E-state index contributed by atoms with van der Waals surface area (Å²) in [4.78, 5) is 16.4. The molecule has 0 spiro atoms. The Balaban J connectivity index is 1.39. The van der Waals surface area contributed by atoms with Crippen molar-refractivity contribution in [1.82, 2.24) is 0 Å². The van der Waals surface area contributed by atoms with Crippen molar-refractivity contribution >= 4 is 18.4 Å². The van der Waals surface area contributed by atoms with E-state index in [1.165, 1.54) is 31.2 Å². The minimum absolute atomic E-state index is 0.326. The molecule has 0 aromatic heterocycles. The van der Waals surface area contributed by atoms with Crippen LogP contribution in [0, 0.1) is 5.92 Å². The number of carbonyl (C=O) groups is 1. The zero-order chi connectivity index (χ0) is 20.9. The highest BCUT2D eigenvalue weighted by Crippen LogP contribution is 2.35. The van der Waals surface area contributed by atoms with E-state index in [9.17, 15) is 4.79 Å². The van der Waals surface area contributed by atoms with E-state index in [2.05, 4.69) is 30.8 Å². The first-order valence-corrected chi connectivity index (χ1v) is 10.6. The van der Waals surface area contributed by atoms with Gasteiger partial charge in [0.05, 0.1) is 11.3 Å². The zero-order valence-corrected chi connectivity index (χ0v) is 17.4. The van der Waals surface area contributed by atoms with E-state index in [1.807, 2.05) is 60.7 Å². The molecule has 1 aliphatic carbocycles. The van der Waals surface area contributed by atoms with Crippen molar-refractivity contribution in [3.63, 3.8) is 0 Å². The smallest absolute Gasteiger partial charge is 0.343 e. The Morgan fingerprint density at radius 2 is 1.40 bits per heavy atom. The molecule has 0 saturated heterocycles. The summed E-state index contributed by atoms with van der Waals surface area (Å²) < 4.78 is 5.57. The maximum absolute atomic E-state index is 12.5. The van der Waals surface area contributed by atoms with Crippen molar-refractivity contribution < 1.29 is 9.53 Å². The van der Waals surface area contributed by atoms with Crippen LogP contribution in [-0.2, 0) is 0 Å². The molecule has 1 saturated carbocycles. The molecule has 1 fully saturated rings. The summed E-state index contributed by atoms with van der Waals surface area (Å²) in [6.07, 6.45) is 5.06. The first-order valence-electron chi connectivity index (χ1n) is 10.6. The third-order valence-electron chi connectivity index (χ3n) is 6.08. The molecule has 1 aliphatic rings. The van der Waals surface area contributed by atoms with Crippen LogP contribution in [0.2, 0.25) is 0 Å². The van der Waals surface area contributed by atoms with Crippen LogP contribution in [-0.4, -0.2) is 12.7 Å². The Bertz CT molecular complexity index is 996. The minimum atomic E-state index is -0.326. The van der Waals surface area contributed by atoms with Crippen LogP contribution in [0.3, 0.4) is 0 Å². The number of nitrogens with zero attached hydrogens (tertiary/aromatic N) is 1. The molecule has 30 heavy (non-hydrogen) atoms. The van der Waals surface area contributed by atoms with Gasteiger partial charge in [-0.1, -0.05) is 56.2 Å². The summed E-state index contributed by atoms with van der Waals surface area (Å²) >= 11 is 0. The Morgan fingerprint density at radius 1 is 0.833 bits per heavy atom. The van der Waals surface area contributed by atoms with Gasteiger partial charge in [-0.05, 0) is 84.5 Å². The third-order valence-corrected chi connectivity index (χ3v) is 6.08. The van der Waals surface area contributed by atoms with E-state index in [-0.39, 0.29) is 5.97 Å². The average molecular weight is 398 g/mol. The molecule has 0 unspecified atom stereocenters. The van der Waals surface area contributed by atoms with Gasteiger partial charge in [0.15, 0.2) is 0 Å². The standard InChI is InChI=1S/C27H27NO2/c1-19-3-5-20(6-4-19)21-7-9-24(10-8-21)27(29)30-26-17-13-23(14-18-26)22-11-15-25(28-2)16-12-22/h7-20H,2-6H2,1H3. The van der Waals surface area contributed by atoms with Crippen LogP contribution in [0.1, 0.15) is 54.4 Å². The van der Waals surface area contributed by atoms with E-state index < -0.39 is 0 Å². The van der Waals surface area contributed by atoms with Gasteiger partial charge in [-0.3, -0.25) is 4.99 Å². The predicted molar refractivity (Wildman–Crippen MR) is 123 cm³/mol. The average Bonchev–Trinajstić information content (AvgIpc) is 2.80. The largest absolute Gasteiger partial charge is 0.423 e. The van der Waals surface area contributed by atoms with Crippen LogP contribution in [0.15, 0.2) is 77.8 Å². The van der Waals surface area contributed by atoms with Gasteiger partial charge >= 0.3 is 5.97 Å². The molecular formula is C27H27NO2. The van der Waals surface area contributed by atoms with Crippen LogP contribution < -0.4 is 4.74 Å². The van der Waals surface area contributed by atoms with Gasteiger partial charge in [0.2, 0.25) is 0 Å². The lowest BCUT2D eigenvalue weighted by Crippen LogP contribution is -2.12. The third kappa shape index (κ3) is 4.68. The quantitative estimate of drug-likeness (QED) is 0.259. The number of esters is 1. The SMILES string of the molecule is C=Nc1ccc(-c2ccc(OC(=O)c3ccc(C4CCC(C)CC4)cc3)cc2)cc1. The van der Waals surface area contributed by atoms with E-state index in [0.29, 0.717) is 17.2 Å². The number of aliphatic imine (C=N–C) groups is 1. The van der Waals surface area contributed by atoms with Crippen molar-refractivity contribution in [1.29, 1.82) is 0 Å². The highest BCUT2D eigenvalue weighted by Gasteiger charge is 2.20. The topological polar surface area (TPSA) is 38.7 Å². The van der Waals surface area contributed by atoms with Gasteiger partial charge in [-0.15, -0.1) is 0 Å². The molecular weight excluding hydrogens is 370 g/mol. The lowest BCUT2D eigenvalue weighted by atomic mass is 9.79. The molecule has 152 valence electrons. The van der Waals surface area contributed by atoms with Crippen molar-refractivity contribution in [2.75, 3.05) is 0 Å². The summed E-state index contributed by atoms with van der Waals surface area (Å²) in [6, 6.07) is 23.3. The number of ether oxygens (including phenoxy) is 1. The van der Waals surface area contributed by atoms with Crippen molar-refractivity contribution in [3.8, 4) is 16.9 Å². The van der Waals surface area contributed by atoms with Crippen molar-refractivity contribution in [3.05, 3.63) is 83.9 Å². The summed E-state index contributed by atoms with van der Waals surface area (Å²) in [6.45, 7) is 5.86. The Kier molecular flexibility index (Phi) is 6.08. The highest BCUT2D eigenvalue weighted by atomic mass is 16.5. The number of carbonyl (C=O) groups excluding carboxylic acids is 1. The normalized spacial score (nSPS) is 18.6. The fraction of sp³-hybridized carbons (Fsp3) is 0.259. The lowest BCUT2D eigenvalue weighted by molar-refractivity contribution is 0.0734. The summed E-state index contributed by atoms with van der Waals surface area (Å²) in [5.74, 6) is 1.67. The van der Waals surface area contributed by atoms with Gasteiger partial charge < -0.3 is 4.74 Å². The van der Waals surface area contributed by atoms with Crippen molar-refractivity contribution in [2.24, 2.45) is 10.9 Å². The van der Waals surface area contributed by atoms with E-state index in [1.54, 1.807) is 0 Å². The van der Waals surface area contributed by atoms with Crippen LogP contribution >= 0.6 is 0 Å². The lowest BCUT2D eigenvalue weighted by Gasteiger charge is -2.26. The molecule has 0 radical (unpaired) electrons. The minimum Gasteiger partial charge on any atom is -0.423 e. The molecule has 0 heterocycles. The molecule has 0 aliphatic heterocycles. The monoisotopic (exact) mass is 397 g/mol. The van der Waals surface area contributed by atoms with Gasteiger partial charge in [-0.2, -0.15) is 0 Å². The first kappa shape index (κ1) is 20.1. The number of hydrogen-bond acceptors (Lipinski definition) is 3. The maximum atomic E-state index is 12.5. The van der Waals surface area contributed by atoms with Gasteiger partial charge in [0.25, 0.3) is 0 Å². The highest BCUT2D eigenvalue weighted by molar-refractivity contribution is 5.91. The number of benzene rings is 3. The Morgan fingerprint density at radius 3 is 1.97 bits per heavy atom. The van der Waals surface area contributed by atoms with E-state index in [0.717, 1.165) is 22.7 Å².